The van der Waals surface area contributed by atoms with Crippen LogP contribution in [0.2, 0.25) is 0 Å². The van der Waals surface area contributed by atoms with Gasteiger partial charge in [-0.3, -0.25) is 4.79 Å². The molecule has 1 aromatic carbocycles. The van der Waals surface area contributed by atoms with Crippen LogP contribution in [0, 0.1) is 6.92 Å². The highest BCUT2D eigenvalue weighted by Gasteiger charge is 2.46. The van der Waals surface area contributed by atoms with Crippen LogP contribution in [0.25, 0.3) is 0 Å². The quantitative estimate of drug-likeness (QED) is 0.852. The number of carbonyl (C=O) groups excluding carboxylic acids is 1. The summed E-state index contributed by atoms with van der Waals surface area (Å²) in [5.74, 6) is 0.172. The molecule has 1 amide bonds. The van der Waals surface area contributed by atoms with E-state index >= 15 is 0 Å². The fraction of sp³-hybridized carbons (Fsp3) is 0.533. The number of aryl methyl sites for hydroxylation is 1. The first-order valence-corrected chi connectivity index (χ1v) is 6.82. The number of benzene rings is 1. The summed E-state index contributed by atoms with van der Waals surface area (Å²) in [4.78, 5) is 12.2. The standard InChI is InChI=1S/C15H20N2O/c1-11-4-6-12(7-5-11)15(8-9-15)17-14(18)13-3-2-10-16-13/h4-7,13,16H,2-3,8-10H2,1H3,(H,17,18). The second kappa shape index (κ2) is 4.39. The smallest absolute Gasteiger partial charge is 0.237 e. The van der Waals surface area contributed by atoms with Gasteiger partial charge in [-0.05, 0) is 44.7 Å². The maximum atomic E-state index is 12.2. The van der Waals surface area contributed by atoms with Crippen molar-refractivity contribution in [1.82, 2.24) is 10.6 Å². The Morgan fingerprint density at radius 1 is 1.33 bits per heavy atom. The summed E-state index contributed by atoms with van der Waals surface area (Å²) < 4.78 is 0. The lowest BCUT2D eigenvalue weighted by atomic mass is 10.0. The van der Waals surface area contributed by atoms with Crippen LogP contribution in [0.1, 0.15) is 36.8 Å². The third-order valence-corrected chi connectivity index (χ3v) is 4.09. The highest BCUT2D eigenvalue weighted by Crippen LogP contribution is 2.45. The van der Waals surface area contributed by atoms with Gasteiger partial charge in [0.15, 0.2) is 0 Å². The van der Waals surface area contributed by atoms with Crippen LogP contribution >= 0.6 is 0 Å². The third kappa shape index (κ3) is 2.15. The molecular weight excluding hydrogens is 224 g/mol. The molecule has 1 heterocycles. The average molecular weight is 244 g/mol. The van der Waals surface area contributed by atoms with Crippen LogP contribution in [-0.4, -0.2) is 18.5 Å². The topological polar surface area (TPSA) is 41.1 Å². The molecule has 96 valence electrons. The zero-order valence-corrected chi connectivity index (χ0v) is 10.8. The first-order valence-electron chi connectivity index (χ1n) is 6.82. The highest BCUT2D eigenvalue weighted by atomic mass is 16.2. The molecule has 1 aliphatic heterocycles. The normalized spacial score (nSPS) is 24.8. The van der Waals surface area contributed by atoms with Gasteiger partial charge in [-0.2, -0.15) is 0 Å². The average Bonchev–Trinajstić information content (AvgIpc) is 2.94. The summed E-state index contributed by atoms with van der Waals surface area (Å²) in [5, 5.41) is 6.50. The summed E-state index contributed by atoms with van der Waals surface area (Å²) in [5.41, 5.74) is 2.44. The Morgan fingerprint density at radius 3 is 2.61 bits per heavy atom. The zero-order valence-electron chi connectivity index (χ0n) is 10.8. The van der Waals surface area contributed by atoms with Crippen molar-refractivity contribution in [2.45, 2.75) is 44.2 Å². The summed E-state index contributed by atoms with van der Waals surface area (Å²) >= 11 is 0. The van der Waals surface area contributed by atoms with E-state index in [4.69, 9.17) is 0 Å². The minimum atomic E-state index is -0.0744. The molecule has 1 atom stereocenters. The van der Waals surface area contributed by atoms with Gasteiger partial charge >= 0.3 is 0 Å². The Kier molecular flexibility index (Phi) is 2.86. The molecular formula is C15H20N2O. The van der Waals surface area contributed by atoms with Crippen molar-refractivity contribution in [3.63, 3.8) is 0 Å². The molecule has 1 saturated heterocycles. The van der Waals surface area contributed by atoms with Crippen LogP contribution in [0.3, 0.4) is 0 Å². The van der Waals surface area contributed by atoms with E-state index in [0.29, 0.717) is 0 Å². The number of amides is 1. The molecule has 1 unspecified atom stereocenters. The first kappa shape index (κ1) is 11.7. The molecule has 0 radical (unpaired) electrons. The van der Waals surface area contributed by atoms with Gasteiger partial charge in [0.2, 0.25) is 5.91 Å². The van der Waals surface area contributed by atoms with Crippen LogP contribution < -0.4 is 10.6 Å². The number of rotatable bonds is 3. The maximum Gasteiger partial charge on any atom is 0.237 e. The van der Waals surface area contributed by atoms with Crippen molar-refractivity contribution < 1.29 is 4.79 Å². The number of carbonyl (C=O) groups is 1. The SMILES string of the molecule is Cc1ccc(C2(NC(=O)C3CCCN3)CC2)cc1. The Morgan fingerprint density at radius 2 is 2.06 bits per heavy atom. The summed E-state index contributed by atoms with van der Waals surface area (Å²) in [6, 6.07) is 8.55. The Hall–Kier alpha value is -1.35. The first-order chi connectivity index (χ1) is 8.70. The van der Waals surface area contributed by atoms with Crippen LogP contribution in [0.15, 0.2) is 24.3 Å². The predicted octanol–water partition coefficient (Wildman–Crippen LogP) is 1.85. The van der Waals surface area contributed by atoms with Gasteiger partial charge in [0.25, 0.3) is 0 Å². The zero-order chi connectivity index (χ0) is 12.6. The van der Waals surface area contributed by atoms with E-state index in [1.165, 1.54) is 11.1 Å². The van der Waals surface area contributed by atoms with Crippen LogP contribution in [0.5, 0.6) is 0 Å². The number of hydrogen-bond donors (Lipinski definition) is 2. The Labute approximate surface area is 108 Å². The second-order valence-corrected chi connectivity index (χ2v) is 5.59. The van der Waals surface area contributed by atoms with Crippen LogP contribution in [0.4, 0.5) is 0 Å². The molecule has 3 rings (SSSR count). The van der Waals surface area contributed by atoms with E-state index in [9.17, 15) is 4.79 Å². The monoisotopic (exact) mass is 244 g/mol. The van der Waals surface area contributed by atoms with E-state index in [-0.39, 0.29) is 17.5 Å². The molecule has 3 nitrogen and oxygen atoms in total. The summed E-state index contributed by atoms with van der Waals surface area (Å²) in [6.07, 6.45) is 4.20. The van der Waals surface area contributed by atoms with E-state index < -0.39 is 0 Å². The molecule has 0 bridgehead atoms. The van der Waals surface area contributed by atoms with Crippen molar-refractivity contribution >= 4 is 5.91 Å². The van der Waals surface area contributed by atoms with E-state index in [0.717, 1.165) is 32.2 Å². The van der Waals surface area contributed by atoms with Gasteiger partial charge < -0.3 is 10.6 Å². The van der Waals surface area contributed by atoms with Crippen molar-refractivity contribution in [3.8, 4) is 0 Å². The summed E-state index contributed by atoms with van der Waals surface area (Å²) in [7, 11) is 0. The van der Waals surface area contributed by atoms with Gasteiger partial charge in [0.05, 0.1) is 11.6 Å². The van der Waals surface area contributed by atoms with Gasteiger partial charge in [0, 0.05) is 0 Å². The Bertz CT molecular complexity index is 442. The molecule has 0 spiro atoms. The molecule has 1 aromatic rings. The molecule has 1 saturated carbocycles. The van der Waals surface area contributed by atoms with Gasteiger partial charge in [-0.1, -0.05) is 29.8 Å². The molecule has 2 aliphatic rings. The molecule has 3 heteroatoms. The lowest BCUT2D eigenvalue weighted by Crippen LogP contribution is -2.45. The van der Waals surface area contributed by atoms with E-state index in [2.05, 4.69) is 41.8 Å². The molecule has 2 fully saturated rings. The second-order valence-electron chi connectivity index (χ2n) is 5.59. The lowest BCUT2D eigenvalue weighted by Gasteiger charge is -2.20. The summed E-state index contributed by atoms with van der Waals surface area (Å²) in [6.45, 7) is 3.06. The maximum absolute atomic E-state index is 12.2. The minimum Gasteiger partial charge on any atom is -0.345 e. The third-order valence-electron chi connectivity index (χ3n) is 4.09. The van der Waals surface area contributed by atoms with E-state index in [1.807, 2.05) is 0 Å². The fourth-order valence-corrected chi connectivity index (χ4v) is 2.71. The fourth-order valence-electron chi connectivity index (χ4n) is 2.71. The van der Waals surface area contributed by atoms with Crippen molar-refractivity contribution in [2.75, 3.05) is 6.54 Å². The number of nitrogens with one attached hydrogen (secondary N) is 2. The molecule has 2 N–H and O–H groups in total. The van der Waals surface area contributed by atoms with Crippen molar-refractivity contribution in [2.24, 2.45) is 0 Å². The molecule has 1 aliphatic carbocycles. The lowest BCUT2D eigenvalue weighted by molar-refractivity contribution is -0.123. The molecule has 0 aromatic heterocycles. The van der Waals surface area contributed by atoms with Gasteiger partial charge in [-0.15, -0.1) is 0 Å². The minimum absolute atomic E-state index is 0.0212. The van der Waals surface area contributed by atoms with Crippen LogP contribution in [-0.2, 0) is 10.3 Å². The predicted molar refractivity (Wildman–Crippen MR) is 71.3 cm³/mol. The highest BCUT2D eigenvalue weighted by molar-refractivity contribution is 5.83. The van der Waals surface area contributed by atoms with Crippen molar-refractivity contribution in [1.29, 1.82) is 0 Å². The Balaban J connectivity index is 1.71. The molecule has 18 heavy (non-hydrogen) atoms. The van der Waals surface area contributed by atoms with Gasteiger partial charge in [-0.25, -0.2) is 0 Å². The van der Waals surface area contributed by atoms with Crippen molar-refractivity contribution in [3.05, 3.63) is 35.4 Å². The van der Waals surface area contributed by atoms with E-state index in [1.54, 1.807) is 0 Å². The van der Waals surface area contributed by atoms with Gasteiger partial charge in [0.1, 0.15) is 0 Å². The largest absolute Gasteiger partial charge is 0.345 e. The number of hydrogen-bond acceptors (Lipinski definition) is 2.